The zero-order valence-electron chi connectivity index (χ0n) is 23.7. The topological polar surface area (TPSA) is 41.1 Å². The van der Waals surface area contributed by atoms with E-state index in [-0.39, 0.29) is 5.41 Å². The Balaban J connectivity index is 1.28. The molecule has 4 nitrogen and oxygen atoms in total. The summed E-state index contributed by atoms with van der Waals surface area (Å²) in [7, 11) is 2.11. The van der Waals surface area contributed by atoms with Gasteiger partial charge in [-0.3, -0.25) is 0 Å². The van der Waals surface area contributed by atoms with E-state index in [1.54, 1.807) is 0 Å². The number of rotatable bonds is 6. The molecule has 3 heterocycles. The fourth-order valence-corrected chi connectivity index (χ4v) is 5.68. The van der Waals surface area contributed by atoms with Crippen molar-refractivity contribution in [3.63, 3.8) is 0 Å². The Morgan fingerprint density at radius 1 is 0.775 bits per heavy atom. The molecule has 1 N–H and O–H groups in total. The molecule has 3 aromatic carbocycles. The van der Waals surface area contributed by atoms with Crippen LogP contribution in [0.2, 0.25) is 0 Å². The molecule has 0 amide bonds. The molecule has 1 unspecified atom stereocenters. The van der Waals surface area contributed by atoms with Crippen molar-refractivity contribution in [3.05, 3.63) is 155 Å². The molecule has 0 fully saturated rings. The van der Waals surface area contributed by atoms with Crippen LogP contribution in [-0.4, -0.2) is 21.9 Å². The minimum atomic E-state index is -0.102. The SMILES string of the molecule is CC1=C(C)C(C)(c2ccc(Cc3nc4ccccc4nc3Cc3ccc(C4C=CNC=C4)cc3)cc2)C=CN1C. The zero-order chi connectivity index (χ0) is 27.7. The van der Waals surface area contributed by atoms with Gasteiger partial charge < -0.3 is 10.2 Å². The van der Waals surface area contributed by atoms with E-state index in [1.807, 2.05) is 24.5 Å². The highest BCUT2D eigenvalue weighted by Crippen LogP contribution is 2.38. The minimum Gasteiger partial charge on any atom is -0.368 e. The van der Waals surface area contributed by atoms with Gasteiger partial charge in [-0.2, -0.15) is 0 Å². The van der Waals surface area contributed by atoms with Crippen LogP contribution in [0.5, 0.6) is 0 Å². The van der Waals surface area contributed by atoms with Crippen molar-refractivity contribution < 1.29 is 0 Å². The van der Waals surface area contributed by atoms with Gasteiger partial charge in [-0.15, -0.1) is 0 Å². The monoisotopic (exact) mass is 524 g/mol. The predicted octanol–water partition coefficient (Wildman–Crippen LogP) is 7.54. The van der Waals surface area contributed by atoms with Crippen LogP contribution < -0.4 is 5.32 Å². The zero-order valence-corrected chi connectivity index (χ0v) is 23.7. The number of fused-ring (bicyclic) bond motifs is 1. The molecular formula is C36H36N4. The number of allylic oxidation sites excluding steroid dienone is 5. The van der Waals surface area contributed by atoms with Gasteiger partial charge >= 0.3 is 0 Å². The smallest absolute Gasteiger partial charge is 0.0890 e. The highest BCUT2D eigenvalue weighted by molar-refractivity contribution is 5.74. The Labute approximate surface area is 237 Å². The quantitative estimate of drug-likeness (QED) is 0.283. The van der Waals surface area contributed by atoms with Crippen molar-refractivity contribution in [2.45, 2.75) is 44.9 Å². The lowest BCUT2D eigenvalue weighted by Crippen LogP contribution is -2.29. The van der Waals surface area contributed by atoms with Crippen LogP contribution in [0.25, 0.3) is 11.0 Å². The maximum atomic E-state index is 5.10. The molecule has 0 saturated carbocycles. The maximum Gasteiger partial charge on any atom is 0.0890 e. The number of hydrogen-bond acceptors (Lipinski definition) is 4. The summed E-state index contributed by atoms with van der Waals surface area (Å²) in [5.41, 5.74) is 11.6. The number of hydrogen-bond donors (Lipinski definition) is 1. The Bertz CT molecular complexity index is 1650. The van der Waals surface area contributed by atoms with E-state index in [4.69, 9.17) is 9.97 Å². The first kappa shape index (κ1) is 25.8. The van der Waals surface area contributed by atoms with E-state index in [2.05, 4.69) is 123 Å². The van der Waals surface area contributed by atoms with Gasteiger partial charge in [0.15, 0.2) is 0 Å². The Hall–Kier alpha value is -4.44. The highest BCUT2D eigenvalue weighted by atomic mass is 15.1. The van der Waals surface area contributed by atoms with Gasteiger partial charge in [-0.1, -0.05) is 78.9 Å². The van der Waals surface area contributed by atoms with Crippen molar-refractivity contribution >= 4 is 11.0 Å². The van der Waals surface area contributed by atoms with Gasteiger partial charge in [0.2, 0.25) is 0 Å². The molecule has 0 aliphatic carbocycles. The molecule has 4 aromatic rings. The molecule has 0 radical (unpaired) electrons. The van der Waals surface area contributed by atoms with E-state index >= 15 is 0 Å². The Morgan fingerprint density at radius 2 is 1.32 bits per heavy atom. The second-order valence-corrected chi connectivity index (χ2v) is 11.1. The normalized spacial score (nSPS) is 18.9. The second-order valence-electron chi connectivity index (χ2n) is 11.1. The summed E-state index contributed by atoms with van der Waals surface area (Å²) in [6.45, 7) is 6.74. The van der Waals surface area contributed by atoms with Crippen molar-refractivity contribution in [1.29, 1.82) is 0 Å². The standard InChI is InChI=1S/C36H36N4/c1-25-26(2)40(4)22-19-36(25,3)31-15-11-28(12-16-31)24-35-34(38-32-7-5-6-8-33(32)39-35)23-27-9-13-29(14-10-27)30-17-20-37-21-18-30/h5-22,30,37H,23-24H2,1-4H3. The molecular weight excluding hydrogens is 488 g/mol. The van der Waals surface area contributed by atoms with Gasteiger partial charge in [0.1, 0.15) is 0 Å². The Kier molecular flexibility index (Phi) is 6.85. The molecule has 1 atom stereocenters. The number of aromatic nitrogens is 2. The summed E-state index contributed by atoms with van der Waals surface area (Å²) < 4.78 is 0. The van der Waals surface area contributed by atoms with Crippen LogP contribution in [0, 0.1) is 0 Å². The van der Waals surface area contributed by atoms with Crippen LogP contribution in [0.4, 0.5) is 0 Å². The first-order valence-electron chi connectivity index (χ1n) is 14.0. The van der Waals surface area contributed by atoms with E-state index in [0.717, 1.165) is 35.3 Å². The van der Waals surface area contributed by atoms with Gasteiger partial charge in [-0.25, -0.2) is 9.97 Å². The van der Waals surface area contributed by atoms with Crippen LogP contribution in [0.3, 0.4) is 0 Å². The van der Waals surface area contributed by atoms with Gasteiger partial charge in [0.25, 0.3) is 0 Å². The van der Waals surface area contributed by atoms with Gasteiger partial charge in [-0.05, 0) is 73.1 Å². The van der Waals surface area contributed by atoms with Crippen molar-refractivity contribution in [1.82, 2.24) is 20.2 Å². The summed E-state index contributed by atoms with van der Waals surface area (Å²) in [4.78, 5) is 12.4. The summed E-state index contributed by atoms with van der Waals surface area (Å²) in [6.07, 6.45) is 14.3. The summed E-state index contributed by atoms with van der Waals surface area (Å²) in [5.74, 6) is 0.310. The second kappa shape index (κ2) is 10.6. The van der Waals surface area contributed by atoms with E-state index < -0.39 is 0 Å². The van der Waals surface area contributed by atoms with Gasteiger partial charge in [0, 0.05) is 43.1 Å². The molecule has 4 heteroatoms. The summed E-state index contributed by atoms with van der Waals surface area (Å²) >= 11 is 0. The third-order valence-electron chi connectivity index (χ3n) is 8.67. The largest absolute Gasteiger partial charge is 0.368 e. The van der Waals surface area contributed by atoms with Crippen LogP contribution >= 0.6 is 0 Å². The Morgan fingerprint density at radius 3 is 1.90 bits per heavy atom. The van der Waals surface area contributed by atoms with Crippen molar-refractivity contribution in [3.8, 4) is 0 Å². The average Bonchev–Trinajstić information content (AvgIpc) is 2.99. The van der Waals surface area contributed by atoms with Crippen LogP contribution in [0.1, 0.15) is 60.3 Å². The lowest BCUT2D eigenvalue weighted by molar-refractivity contribution is 0.504. The third-order valence-corrected chi connectivity index (χ3v) is 8.67. The molecule has 0 bridgehead atoms. The first-order valence-corrected chi connectivity index (χ1v) is 14.0. The fourth-order valence-electron chi connectivity index (χ4n) is 5.68. The average molecular weight is 525 g/mol. The fraction of sp³-hybridized carbons (Fsp3) is 0.222. The number of dihydropyridines is 1. The molecule has 6 rings (SSSR count). The highest BCUT2D eigenvalue weighted by Gasteiger charge is 2.30. The van der Waals surface area contributed by atoms with Gasteiger partial charge in [0.05, 0.1) is 22.4 Å². The molecule has 40 heavy (non-hydrogen) atoms. The lowest BCUT2D eigenvalue weighted by Gasteiger charge is -2.36. The predicted molar refractivity (Wildman–Crippen MR) is 165 cm³/mol. The van der Waals surface area contributed by atoms with E-state index in [1.165, 1.54) is 33.5 Å². The summed E-state index contributed by atoms with van der Waals surface area (Å²) in [6, 6.07) is 26.1. The van der Waals surface area contributed by atoms with Crippen molar-refractivity contribution in [2.24, 2.45) is 0 Å². The number of para-hydroxylation sites is 2. The van der Waals surface area contributed by atoms with E-state index in [9.17, 15) is 0 Å². The van der Waals surface area contributed by atoms with Crippen molar-refractivity contribution in [2.75, 3.05) is 7.05 Å². The summed E-state index contributed by atoms with van der Waals surface area (Å²) in [5, 5.41) is 3.11. The number of nitrogens with zero attached hydrogens (tertiary/aromatic N) is 3. The van der Waals surface area contributed by atoms with Crippen LogP contribution in [-0.2, 0) is 18.3 Å². The minimum absolute atomic E-state index is 0.102. The number of benzene rings is 3. The maximum absolute atomic E-state index is 5.10. The molecule has 1 aromatic heterocycles. The molecule has 0 saturated heterocycles. The molecule has 200 valence electrons. The van der Waals surface area contributed by atoms with E-state index in [0.29, 0.717) is 5.92 Å². The lowest BCUT2D eigenvalue weighted by atomic mass is 9.74. The molecule has 2 aliphatic rings. The molecule has 2 aliphatic heterocycles. The number of nitrogens with one attached hydrogen (secondary N) is 1. The third kappa shape index (κ3) is 4.98. The molecule has 0 spiro atoms. The van der Waals surface area contributed by atoms with Crippen LogP contribution in [0.15, 0.2) is 121 Å². The first-order chi connectivity index (χ1) is 19.4.